The van der Waals surface area contributed by atoms with Crippen LogP contribution in [0, 0.1) is 6.92 Å². The lowest BCUT2D eigenvalue weighted by Crippen LogP contribution is -2.14. The number of rotatable bonds is 4. The van der Waals surface area contributed by atoms with Crippen LogP contribution in [0.5, 0.6) is 0 Å². The fourth-order valence-corrected chi connectivity index (χ4v) is 2.54. The van der Waals surface area contributed by atoms with Crippen LogP contribution < -0.4 is 5.73 Å². The highest BCUT2D eigenvalue weighted by Crippen LogP contribution is 2.31. The van der Waals surface area contributed by atoms with E-state index >= 15 is 0 Å². The highest BCUT2D eigenvalue weighted by atomic mass is 16.3. The fraction of sp³-hybridized carbons (Fsp3) is 0.444. The number of benzene rings is 1. The summed E-state index contributed by atoms with van der Waals surface area (Å²) in [5.74, 6) is 1.90. The molecule has 2 N–H and O–H groups in total. The third kappa shape index (κ3) is 2.96. The molecule has 0 saturated carbocycles. The van der Waals surface area contributed by atoms with Crippen molar-refractivity contribution < 1.29 is 4.42 Å². The second-order valence-corrected chi connectivity index (χ2v) is 6.17. The van der Waals surface area contributed by atoms with Gasteiger partial charge in [0.25, 0.3) is 0 Å². The summed E-state index contributed by atoms with van der Waals surface area (Å²) in [6.07, 6.45) is 1.76. The number of nitrogens with two attached hydrogens (primary N) is 1. The molecule has 0 aliphatic carbocycles. The van der Waals surface area contributed by atoms with E-state index in [-0.39, 0.29) is 6.04 Å². The number of hydrogen-bond donors (Lipinski definition) is 1. The molecule has 0 aliphatic heterocycles. The zero-order valence-corrected chi connectivity index (χ0v) is 13.1. The molecule has 2 heteroatoms. The van der Waals surface area contributed by atoms with Gasteiger partial charge < -0.3 is 10.2 Å². The van der Waals surface area contributed by atoms with Crippen molar-refractivity contribution in [1.82, 2.24) is 0 Å². The SMILES string of the molecule is Cc1cc(C(N)c2ccc(C(C)C)cc2C(C)C)co1. The first-order valence-corrected chi connectivity index (χ1v) is 7.34. The monoisotopic (exact) mass is 271 g/mol. The molecule has 0 amide bonds. The summed E-state index contributed by atoms with van der Waals surface area (Å²) in [5.41, 5.74) is 11.4. The van der Waals surface area contributed by atoms with Crippen LogP contribution in [-0.4, -0.2) is 0 Å². The topological polar surface area (TPSA) is 39.2 Å². The molecule has 0 bridgehead atoms. The van der Waals surface area contributed by atoms with Gasteiger partial charge in [-0.15, -0.1) is 0 Å². The van der Waals surface area contributed by atoms with Gasteiger partial charge in [-0.05, 0) is 41.5 Å². The average molecular weight is 271 g/mol. The second kappa shape index (κ2) is 5.84. The number of aryl methyl sites for hydroxylation is 1. The predicted molar refractivity (Wildman–Crippen MR) is 84.1 cm³/mol. The van der Waals surface area contributed by atoms with Gasteiger partial charge in [0.1, 0.15) is 5.76 Å². The Hall–Kier alpha value is -1.54. The lowest BCUT2D eigenvalue weighted by molar-refractivity contribution is 0.530. The molecule has 0 spiro atoms. The van der Waals surface area contributed by atoms with Gasteiger partial charge in [-0.1, -0.05) is 45.9 Å². The van der Waals surface area contributed by atoms with Crippen molar-refractivity contribution in [3.8, 4) is 0 Å². The van der Waals surface area contributed by atoms with Gasteiger partial charge >= 0.3 is 0 Å². The molecule has 0 fully saturated rings. The molecule has 2 rings (SSSR count). The molecule has 0 saturated heterocycles. The lowest BCUT2D eigenvalue weighted by Gasteiger charge is -2.20. The van der Waals surface area contributed by atoms with Crippen LogP contribution in [0.15, 0.2) is 34.9 Å². The molecular formula is C18H25NO. The van der Waals surface area contributed by atoms with Gasteiger partial charge in [-0.3, -0.25) is 0 Å². The molecular weight excluding hydrogens is 246 g/mol. The van der Waals surface area contributed by atoms with E-state index in [1.165, 1.54) is 16.7 Å². The van der Waals surface area contributed by atoms with Crippen molar-refractivity contribution in [2.75, 3.05) is 0 Å². The number of furan rings is 1. The van der Waals surface area contributed by atoms with Crippen LogP contribution >= 0.6 is 0 Å². The third-order valence-electron chi connectivity index (χ3n) is 3.84. The molecule has 20 heavy (non-hydrogen) atoms. The Morgan fingerprint density at radius 3 is 2.10 bits per heavy atom. The molecule has 108 valence electrons. The highest BCUT2D eigenvalue weighted by Gasteiger charge is 2.17. The maximum Gasteiger partial charge on any atom is 0.101 e. The van der Waals surface area contributed by atoms with Crippen LogP contribution in [0.2, 0.25) is 0 Å². The van der Waals surface area contributed by atoms with Crippen molar-refractivity contribution in [3.05, 3.63) is 58.5 Å². The minimum Gasteiger partial charge on any atom is -0.469 e. The molecule has 1 aromatic heterocycles. The van der Waals surface area contributed by atoms with Gasteiger partial charge in [0.05, 0.1) is 12.3 Å². The first kappa shape index (κ1) is 14.9. The van der Waals surface area contributed by atoms with Crippen molar-refractivity contribution >= 4 is 0 Å². The van der Waals surface area contributed by atoms with E-state index in [9.17, 15) is 0 Å². The Morgan fingerprint density at radius 2 is 1.60 bits per heavy atom. The maximum absolute atomic E-state index is 6.43. The van der Waals surface area contributed by atoms with Crippen molar-refractivity contribution in [2.45, 2.75) is 52.5 Å². The van der Waals surface area contributed by atoms with E-state index in [1.54, 1.807) is 6.26 Å². The summed E-state index contributed by atoms with van der Waals surface area (Å²) < 4.78 is 5.39. The summed E-state index contributed by atoms with van der Waals surface area (Å²) in [7, 11) is 0. The Kier molecular flexibility index (Phi) is 4.34. The zero-order chi connectivity index (χ0) is 14.9. The predicted octanol–water partition coefficient (Wildman–Crippen LogP) is 4.88. The Labute approximate surface area is 122 Å². The van der Waals surface area contributed by atoms with Crippen LogP contribution in [0.25, 0.3) is 0 Å². The van der Waals surface area contributed by atoms with Gasteiger partial charge in [-0.25, -0.2) is 0 Å². The number of hydrogen-bond acceptors (Lipinski definition) is 2. The molecule has 1 atom stereocenters. The van der Waals surface area contributed by atoms with E-state index in [4.69, 9.17) is 10.2 Å². The third-order valence-corrected chi connectivity index (χ3v) is 3.84. The van der Waals surface area contributed by atoms with Crippen molar-refractivity contribution in [1.29, 1.82) is 0 Å². The summed E-state index contributed by atoms with van der Waals surface area (Å²) in [4.78, 5) is 0. The molecule has 2 nitrogen and oxygen atoms in total. The van der Waals surface area contributed by atoms with Gasteiger partial charge in [-0.2, -0.15) is 0 Å². The van der Waals surface area contributed by atoms with E-state index < -0.39 is 0 Å². The summed E-state index contributed by atoms with van der Waals surface area (Å²) >= 11 is 0. The quantitative estimate of drug-likeness (QED) is 0.860. The van der Waals surface area contributed by atoms with Crippen LogP contribution in [0.4, 0.5) is 0 Å². The van der Waals surface area contributed by atoms with E-state index in [0.29, 0.717) is 11.8 Å². The molecule has 1 heterocycles. The second-order valence-electron chi connectivity index (χ2n) is 6.17. The van der Waals surface area contributed by atoms with E-state index in [0.717, 1.165) is 11.3 Å². The summed E-state index contributed by atoms with van der Waals surface area (Å²) in [6, 6.07) is 8.57. The highest BCUT2D eigenvalue weighted by molar-refractivity contribution is 5.41. The van der Waals surface area contributed by atoms with Gasteiger partial charge in [0.15, 0.2) is 0 Å². The minimum absolute atomic E-state index is 0.119. The van der Waals surface area contributed by atoms with Crippen LogP contribution in [0.1, 0.15) is 73.6 Å². The minimum atomic E-state index is -0.119. The molecule has 1 unspecified atom stereocenters. The molecule has 0 radical (unpaired) electrons. The molecule has 1 aromatic carbocycles. The Balaban J connectivity index is 2.45. The first-order chi connectivity index (χ1) is 9.40. The van der Waals surface area contributed by atoms with Crippen molar-refractivity contribution in [3.63, 3.8) is 0 Å². The van der Waals surface area contributed by atoms with Crippen molar-refractivity contribution in [2.24, 2.45) is 5.73 Å². The first-order valence-electron chi connectivity index (χ1n) is 7.34. The average Bonchev–Trinajstić information content (AvgIpc) is 2.83. The fourth-order valence-electron chi connectivity index (χ4n) is 2.54. The largest absolute Gasteiger partial charge is 0.469 e. The van der Waals surface area contributed by atoms with E-state index in [1.807, 2.05) is 13.0 Å². The standard InChI is InChI=1S/C18H25NO/c1-11(2)14-6-7-16(17(9-14)12(3)4)18(19)15-8-13(5)20-10-15/h6-12,18H,19H2,1-5H3. The van der Waals surface area contributed by atoms with Crippen LogP contribution in [-0.2, 0) is 0 Å². The van der Waals surface area contributed by atoms with Gasteiger partial charge in [0, 0.05) is 5.56 Å². The summed E-state index contributed by atoms with van der Waals surface area (Å²) in [5, 5.41) is 0. The Bertz CT molecular complexity index is 581. The van der Waals surface area contributed by atoms with E-state index in [2.05, 4.69) is 45.9 Å². The molecule has 0 aliphatic rings. The maximum atomic E-state index is 6.43. The Morgan fingerprint density at radius 1 is 0.900 bits per heavy atom. The lowest BCUT2D eigenvalue weighted by atomic mass is 9.87. The zero-order valence-electron chi connectivity index (χ0n) is 13.1. The van der Waals surface area contributed by atoms with Crippen LogP contribution in [0.3, 0.4) is 0 Å². The normalized spacial score (nSPS) is 13.2. The molecule has 2 aromatic rings. The summed E-state index contributed by atoms with van der Waals surface area (Å²) in [6.45, 7) is 10.8. The smallest absolute Gasteiger partial charge is 0.101 e. The van der Waals surface area contributed by atoms with Gasteiger partial charge in [0.2, 0.25) is 0 Å².